The van der Waals surface area contributed by atoms with Crippen molar-refractivity contribution in [2.75, 3.05) is 13.2 Å². The van der Waals surface area contributed by atoms with E-state index in [4.69, 9.17) is 5.11 Å². The zero-order valence-electron chi connectivity index (χ0n) is 10.8. The van der Waals surface area contributed by atoms with Gasteiger partial charge in [-0.05, 0) is 45.1 Å². The summed E-state index contributed by atoms with van der Waals surface area (Å²) < 4.78 is 0. The molecule has 0 aliphatic heterocycles. The van der Waals surface area contributed by atoms with Crippen LogP contribution in [-0.4, -0.2) is 34.2 Å². The average molecular weight is 266 g/mol. The van der Waals surface area contributed by atoms with Gasteiger partial charge in [0.05, 0.1) is 5.01 Å². The molecule has 1 aromatic rings. The fourth-order valence-electron chi connectivity index (χ4n) is 2.37. The van der Waals surface area contributed by atoms with Crippen LogP contribution in [0.1, 0.15) is 54.3 Å². The van der Waals surface area contributed by atoms with E-state index in [9.17, 15) is 0 Å². The lowest BCUT2D eigenvalue weighted by atomic mass is 10.3. The van der Waals surface area contributed by atoms with Crippen LogP contribution in [0.25, 0.3) is 0 Å². The Balaban J connectivity index is 1.53. The molecule has 1 aromatic heterocycles. The van der Waals surface area contributed by atoms with E-state index in [1.165, 1.54) is 35.6 Å². The topological polar surface area (TPSA) is 36.4 Å². The minimum atomic E-state index is 0.324. The molecule has 2 saturated carbocycles. The fraction of sp³-hybridized carbons (Fsp3) is 0.786. The van der Waals surface area contributed by atoms with Gasteiger partial charge in [0.1, 0.15) is 0 Å². The van der Waals surface area contributed by atoms with Crippen LogP contribution < -0.4 is 0 Å². The Bertz CT molecular complexity index is 385. The average Bonchev–Trinajstić information content (AvgIpc) is 3.28. The van der Waals surface area contributed by atoms with Crippen molar-refractivity contribution in [3.8, 4) is 0 Å². The maximum Gasteiger partial charge on any atom is 0.0959 e. The van der Waals surface area contributed by atoms with Crippen molar-refractivity contribution in [2.45, 2.75) is 57.0 Å². The molecule has 0 amide bonds. The van der Waals surface area contributed by atoms with E-state index in [1.54, 1.807) is 0 Å². The van der Waals surface area contributed by atoms with Crippen LogP contribution in [0.5, 0.6) is 0 Å². The van der Waals surface area contributed by atoms with Crippen LogP contribution in [0.15, 0.2) is 6.20 Å². The molecule has 2 aliphatic rings. The van der Waals surface area contributed by atoms with Crippen LogP contribution in [0.2, 0.25) is 0 Å². The van der Waals surface area contributed by atoms with E-state index in [1.807, 2.05) is 11.3 Å². The Morgan fingerprint density at radius 2 is 2.11 bits per heavy atom. The van der Waals surface area contributed by atoms with E-state index in [-0.39, 0.29) is 0 Å². The molecule has 1 heterocycles. The molecular formula is C14H22N2OS. The predicted molar refractivity (Wildman–Crippen MR) is 73.8 cm³/mol. The van der Waals surface area contributed by atoms with Gasteiger partial charge in [-0.2, -0.15) is 0 Å². The molecule has 3 rings (SSSR count). The Morgan fingerprint density at radius 3 is 2.78 bits per heavy atom. The fourth-order valence-corrected chi connectivity index (χ4v) is 3.48. The molecule has 1 N–H and O–H groups in total. The van der Waals surface area contributed by atoms with Crippen LogP contribution in [0.3, 0.4) is 0 Å². The van der Waals surface area contributed by atoms with Crippen LogP contribution in [0.4, 0.5) is 0 Å². The van der Waals surface area contributed by atoms with Crippen LogP contribution in [0, 0.1) is 0 Å². The lowest BCUT2D eigenvalue weighted by molar-refractivity contribution is 0.230. The second kappa shape index (κ2) is 5.68. The molecule has 100 valence electrons. The Hall–Kier alpha value is -0.450. The van der Waals surface area contributed by atoms with E-state index in [0.717, 1.165) is 37.9 Å². The van der Waals surface area contributed by atoms with Gasteiger partial charge in [-0.3, -0.25) is 4.90 Å². The third kappa shape index (κ3) is 3.31. The van der Waals surface area contributed by atoms with E-state index < -0.39 is 0 Å². The number of hydrogen-bond donors (Lipinski definition) is 1. The first-order valence-electron chi connectivity index (χ1n) is 7.16. The van der Waals surface area contributed by atoms with Crippen molar-refractivity contribution in [1.29, 1.82) is 0 Å². The zero-order valence-corrected chi connectivity index (χ0v) is 11.7. The van der Waals surface area contributed by atoms with Gasteiger partial charge in [-0.1, -0.05) is 0 Å². The third-order valence-corrected chi connectivity index (χ3v) is 4.92. The predicted octanol–water partition coefficient (Wildman–Crippen LogP) is 2.76. The van der Waals surface area contributed by atoms with Gasteiger partial charge in [0.2, 0.25) is 0 Å². The molecule has 4 heteroatoms. The summed E-state index contributed by atoms with van der Waals surface area (Å²) in [5.41, 5.74) is 0. The first kappa shape index (κ1) is 12.6. The molecule has 0 spiro atoms. The second-order valence-corrected chi connectivity index (χ2v) is 6.72. The number of rotatable bonds is 8. The SMILES string of the molecule is OCCCCN(Cc1cnc(C2CC2)s1)C1CC1. The molecule has 0 bridgehead atoms. The smallest absolute Gasteiger partial charge is 0.0959 e. The van der Waals surface area contributed by atoms with E-state index in [2.05, 4.69) is 16.1 Å². The number of aromatic nitrogens is 1. The van der Waals surface area contributed by atoms with Crippen molar-refractivity contribution in [2.24, 2.45) is 0 Å². The molecular weight excluding hydrogens is 244 g/mol. The lowest BCUT2D eigenvalue weighted by Gasteiger charge is -2.20. The maximum atomic E-state index is 8.87. The Labute approximate surface area is 113 Å². The first-order valence-corrected chi connectivity index (χ1v) is 7.98. The van der Waals surface area contributed by atoms with Gasteiger partial charge in [0.15, 0.2) is 0 Å². The monoisotopic (exact) mass is 266 g/mol. The van der Waals surface area contributed by atoms with E-state index >= 15 is 0 Å². The Morgan fingerprint density at radius 1 is 1.28 bits per heavy atom. The summed E-state index contributed by atoms with van der Waals surface area (Å²) in [6.45, 7) is 2.52. The third-order valence-electron chi connectivity index (χ3n) is 3.77. The number of nitrogens with zero attached hydrogens (tertiary/aromatic N) is 2. The van der Waals surface area contributed by atoms with Crippen molar-refractivity contribution in [3.63, 3.8) is 0 Å². The molecule has 2 aliphatic carbocycles. The standard InChI is InChI=1S/C14H22N2OS/c17-8-2-1-7-16(12-5-6-12)10-13-9-15-14(18-13)11-3-4-11/h9,11-12,17H,1-8,10H2. The second-order valence-electron chi connectivity index (χ2n) is 5.57. The summed E-state index contributed by atoms with van der Waals surface area (Å²) in [5, 5.41) is 10.2. The molecule has 0 aromatic carbocycles. The van der Waals surface area contributed by atoms with E-state index in [0.29, 0.717) is 6.61 Å². The van der Waals surface area contributed by atoms with Crippen LogP contribution >= 0.6 is 11.3 Å². The quantitative estimate of drug-likeness (QED) is 0.735. The van der Waals surface area contributed by atoms with Crippen molar-refractivity contribution >= 4 is 11.3 Å². The normalized spacial score (nSPS) is 19.7. The molecule has 18 heavy (non-hydrogen) atoms. The first-order chi connectivity index (χ1) is 8.86. The Kier molecular flexibility index (Phi) is 3.97. The number of unbranched alkanes of at least 4 members (excludes halogenated alkanes) is 1. The summed E-state index contributed by atoms with van der Waals surface area (Å²) in [4.78, 5) is 8.57. The highest BCUT2D eigenvalue weighted by Gasteiger charge is 2.30. The summed E-state index contributed by atoms with van der Waals surface area (Å²) in [5.74, 6) is 0.785. The lowest BCUT2D eigenvalue weighted by Crippen LogP contribution is -2.26. The van der Waals surface area contributed by atoms with Crippen molar-refractivity contribution in [3.05, 3.63) is 16.1 Å². The number of thiazole rings is 1. The molecule has 0 unspecified atom stereocenters. The molecule has 0 saturated heterocycles. The highest BCUT2D eigenvalue weighted by Crippen LogP contribution is 2.42. The highest BCUT2D eigenvalue weighted by atomic mass is 32.1. The largest absolute Gasteiger partial charge is 0.396 e. The minimum absolute atomic E-state index is 0.324. The van der Waals surface area contributed by atoms with Gasteiger partial charge < -0.3 is 5.11 Å². The van der Waals surface area contributed by atoms with Gasteiger partial charge in [-0.25, -0.2) is 4.98 Å². The van der Waals surface area contributed by atoms with Crippen molar-refractivity contribution < 1.29 is 5.11 Å². The number of aliphatic hydroxyl groups is 1. The molecule has 0 atom stereocenters. The van der Waals surface area contributed by atoms with Crippen molar-refractivity contribution in [1.82, 2.24) is 9.88 Å². The number of aliphatic hydroxyl groups excluding tert-OH is 1. The summed E-state index contributed by atoms with van der Waals surface area (Å²) in [6, 6.07) is 0.801. The van der Waals surface area contributed by atoms with Gasteiger partial charge in [0.25, 0.3) is 0 Å². The van der Waals surface area contributed by atoms with Gasteiger partial charge >= 0.3 is 0 Å². The maximum absolute atomic E-state index is 8.87. The molecule has 3 nitrogen and oxygen atoms in total. The van der Waals surface area contributed by atoms with Gasteiger partial charge in [0, 0.05) is 36.2 Å². The summed E-state index contributed by atoms with van der Waals surface area (Å²) >= 11 is 1.91. The summed E-state index contributed by atoms with van der Waals surface area (Å²) in [6.07, 6.45) is 9.52. The highest BCUT2D eigenvalue weighted by molar-refractivity contribution is 7.11. The summed E-state index contributed by atoms with van der Waals surface area (Å²) in [7, 11) is 0. The molecule has 0 radical (unpaired) electrons. The zero-order chi connectivity index (χ0) is 12.4. The number of hydrogen-bond acceptors (Lipinski definition) is 4. The van der Waals surface area contributed by atoms with Crippen LogP contribution in [-0.2, 0) is 6.54 Å². The minimum Gasteiger partial charge on any atom is -0.396 e. The van der Waals surface area contributed by atoms with Gasteiger partial charge in [-0.15, -0.1) is 11.3 Å². The molecule has 2 fully saturated rings.